The number of fused-ring (bicyclic) bond motifs is 4. The molecule has 2 aromatic carbocycles. The molecule has 4 heteroatoms. The van der Waals surface area contributed by atoms with Gasteiger partial charge < -0.3 is 22.1 Å². The van der Waals surface area contributed by atoms with E-state index in [9.17, 15) is 5.11 Å². The van der Waals surface area contributed by atoms with Gasteiger partial charge in [0.05, 0.1) is 5.52 Å². The van der Waals surface area contributed by atoms with Crippen molar-refractivity contribution in [3.05, 3.63) is 47.8 Å². The van der Waals surface area contributed by atoms with Crippen molar-refractivity contribution in [1.29, 1.82) is 0 Å². The minimum absolute atomic E-state index is 0. The van der Waals surface area contributed by atoms with Gasteiger partial charge in [0.2, 0.25) is 0 Å². The number of aromatic hydroxyl groups is 1. The highest BCUT2D eigenvalue weighted by molar-refractivity contribution is 6.16. The molecule has 1 N–H and O–H groups in total. The number of pyridine rings is 1. The number of nitrogens with zero attached hydrogens (tertiary/aromatic N) is 2. The fourth-order valence-electron chi connectivity index (χ4n) is 3.74. The summed E-state index contributed by atoms with van der Waals surface area (Å²) in [4.78, 5) is 0. The lowest BCUT2D eigenvalue weighted by molar-refractivity contribution is -0.670. The van der Waals surface area contributed by atoms with E-state index in [2.05, 4.69) is 48.5 Å². The zero-order valence-electron chi connectivity index (χ0n) is 13.7. The van der Waals surface area contributed by atoms with Gasteiger partial charge in [-0.15, -0.1) is 0 Å². The Labute approximate surface area is 141 Å². The van der Waals surface area contributed by atoms with E-state index in [4.69, 9.17) is 0 Å². The van der Waals surface area contributed by atoms with Gasteiger partial charge in [0, 0.05) is 34.8 Å². The zero-order chi connectivity index (χ0) is 15.6. The predicted molar refractivity (Wildman–Crippen MR) is 90.2 cm³/mol. The number of phenolic OH excluding ortho intramolecular Hbond substituents is 1. The monoisotopic (exact) mass is 326 g/mol. The summed E-state index contributed by atoms with van der Waals surface area (Å²) >= 11 is 0. The number of phenols is 1. The topological polar surface area (TPSA) is 29.0 Å². The molecule has 0 radical (unpaired) electrons. The van der Waals surface area contributed by atoms with Crippen molar-refractivity contribution < 1.29 is 22.1 Å². The minimum Gasteiger partial charge on any atom is -1.00 e. The SMILES string of the molecule is Cc1c2c[n+](C)ccc2c(C)c2c1c1cc(O)ccc1n2C.[Cl-]. The number of halogens is 1. The minimum atomic E-state index is 0. The van der Waals surface area contributed by atoms with Crippen LogP contribution in [0.2, 0.25) is 0 Å². The van der Waals surface area contributed by atoms with Crippen molar-refractivity contribution in [1.82, 2.24) is 4.57 Å². The van der Waals surface area contributed by atoms with Crippen molar-refractivity contribution in [2.24, 2.45) is 14.1 Å². The summed E-state index contributed by atoms with van der Waals surface area (Å²) in [5.74, 6) is 0.316. The molecule has 4 rings (SSSR count). The third kappa shape index (κ3) is 2.00. The molecule has 0 atom stereocenters. The highest BCUT2D eigenvalue weighted by Gasteiger charge is 2.18. The van der Waals surface area contributed by atoms with Gasteiger partial charge in [0.15, 0.2) is 12.4 Å². The Bertz CT molecular complexity index is 1080. The maximum absolute atomic E-state index is 9.90. The van der Waals surface area contributed by atoms with Crippen LogP contribution in [0.15, 0.2) is 36.7 Å². The second-order valence-electron chi connectivity index (χ2n) is 6.17. The lowest BCUT2D eigenvalue weighted by Crippen LogP contribution is -3.00. The van der Waals surface area contributed by atoms with Gasteiger partial charge >= 0.3 is 0 Å². The van der Waals surface area contributed by atoms with Crippen molar-refractivity contribution in [3.63, 3.8) is 0 Å². The van der Waals surface area contributed by atoms with Crippen LogP contribution in [0.4, 0.5) is 0 Å². The number of benzene rings is 2. The Balaban J connectivity index is 0.00000156. The van der Waals surface area contributed by atoms with Gasteiger partial charge in [-0.25, -0.2) is 4.57 Å². The molecule has 0 spiro atoms. The van der Waals surface area contributed by atoms with Crippen molar-refractivity contribution in [2.75, 3.05) is 0 Å². The Morgan fingerprint density at radius 1 is 1.00 bits per heavy atom. The number of aromatic nitrogens is 2. The van der Waals surface area contributed by atoms with E-state index < -0.39 is 0 Å². The molecule has 0 aliphatic heterocycles. The first kappa shape index (κ1) is 15.6. The molecule has 0 saturated heterocycles. The first-order valence-electron chi connectivity index (χ1n) is 7.48. The number of hydrogen-bond donors (Lipinski definition) is 1. The van der Waals surface area contributed by atoms with Crippen LogP contribution in [-0.4, -0.2) is 9.67 Å². The van der Waals surface area contributed by atoms with Gasteiger partial charge in [-0.2, -0.15) is 0 Å². The summed E-state index contributed by atoms with van der Waals surface area (Å²) < 4.78 is 4.32. The Morgan fingerprint density at radius 3 is 2.48 bits per heavy atom. The summed E-state index contributed by atoms with van der Waals surface area (Å²) in [5, 5.41) is 14.8. The van der Waals surface area contributed by atoms with E-state index in [1.54, 1.807) is 6.07 Å². The summed E-state index contributed by atoms with van der Waals surface area (Å²) in [6, 6.07) is 7.81. The molecular formula is C19H19ClN2O. The highest BCUT2D eigenvalue weighted by atomic mass is 35.5. The number of hydrogen-bond acceptors (Lipinski definition) is 1. The van der Waals surface area contributed by atoms with E-state index in [0.29, 0.717) is 5.75 Å². The van der Waals surface area contributed by atoms with Crippen LogP contribution in [0.3, 0.4) is 0 Å². The summed E-state index contributed by atoms with van der Waals surface area (Å²) in [6.45, 7) is 4.36. The average molecular weight is 327 g/mol. The maximum atomic E-state index is 9.90. The van der Waals surface area contributed by atoms with Crippen molar-refractivity contribution in [3.8, 4) is 5.75 Å². The second-order valence-corrected chi connectivity index (χ2v) is 6.17. The summed E-state index contributed by atoms with van der Waals surface area (Å²) in [6.07, 6.45) is 4.27. The van der Waals surface area contributed by atoms with Crippen LogP contribution in [-0.2, 0) is 14.1 Å². The first-order valence-corrected chi connectivity index (χ1v) is 7.48. The quantitative estimate of drug-likeness (QED) is 0.472. The predicted octanol–water partition coefficient (Wildman–Crippen LogP) is 0.636. The van der Waals surface area contributed by atoms with Crippen LogP contribution in [0.5, 0.6) is 5.75 Å². The van der Waals surface area contributed by atoms with Crippen molar-refractivity contribution >= 4 is 32.6 Å². The summed E-state index contributed by atoms with van der Waals surface area (Å²) in [7, 11) is 4.15. The largest absolute Gasteiger partial charge is 1.00 e. The van der Waals surface area contributed by atoms with Gasteiger partial charge in [-0.3, -0.25) is 0 Å². The van der Waals surface area contributed by atoms with Crippen LogP contribution in [0, 0.1) is 13.8 Å². The standard InChI is InChI=1S/C19H18N2O.ClH/c1-11-16-10-20(3)8-7-14(16)12(2)19-18(11)15-9-13(22)5-6-17(15)21(19)4;/h5-10H,1-4H3;1H. The van der Waals surface area contributed by atoms with Gasteiger partial charge in [-0.05, 0) is 48.6 Å². The Kier molecular flexibility index (Phi) is 3.49. The number of rotatable bonds is 0. The molecule has 0 saturated carbocycles. The summed E-state index contributed by atoms with van der Waals surface area (Å²) in [5.41, 5.74) is 4.95. The molecule has 0 amide bonds. The third-order valence-corrected chi connectivity index (χ3v) is 4.82. The Morgan fingerprint density at radius 2 is 1.74 bits per heavy atom. The van der Waals surface area contributed by atoms with E-state index in [0.717, 1.165) is 10.9 Å². The average Bonchev–Trinajstić information content (AvgIpc) is 2.77. The fourth-order valence-corrected chi connectivity index (χ4v) is 3.74. The van der Waals surface area contributed by atoms with Gasteiger partial charge in [0.25, 0.3) is 0 Å². The van der Waals surface area contributed by atoms with E-state index in [1.807, 2.05) is 19.2 Å². The second kappa shape index (κ2) is 5.14. The van der Waals surface area contributed by atoms with Crippen LogP contribution >= 0.6 is 0 Å². The highest BCUT2D eigenvalue weighted by Crippen LogP contribution is 2.38. The van der Waals surface area contributed by atoms with E-state index in [1.165, 1.54) is 32.8 Å². The molecule has 0 aliphatic rings. The Hall–Kier alpha value is -2.26. The molecule has 0 aliphatic carbocycles. The molecule has 118 valence electrons. The molecule has 2 heterocycles. The fraction of sp³-hybridized carbons (Fsp3) is 0.211. The molecular weight excluding hydrogens is 308 g/mol. The van der Waals surface area contributed by atoms with E-state index >= 15 is 0 Å². The third-order valence-electron chi connectivity index (χ3n) is 4.82. The van der Waals surface area contributed by atoms with Crippen LogP contribution in [0.1, 0.15) is 11.1 Å². The lowest BCUT2D eigenvalue weighted by Gasteiger charge is -2.09. The molecule has 2 aromatic heterocycles. The van der Waals surface area contributed by atoms with Gasteiger partial charge in [-0.1, -0.05) is 0 Å². The molecule has 0 fully saturated rings. The normalized spacial score (nSPS) is 11.3. The zero-order valence-corrected chi connectivity index (χ0v) is 14.4. The van der Waals surface area contributed by atoms with Crippen LogP contribution < -0.4 is 17.0 Å². The molecule has 3 nitrogen and oxygen atoms in total. The molecule has 0 bridgehead atoms. The van der Waals surface area contributed by atoms with E-state index in [-0.39, 0.29) is 12.4 Å². The van der Waals surface area contributed by atoms with Gasteiger partial charge in [0.1, 0.15) is 12.8 Å². The van der Waals surface area contributed by atoms with Crippen LogP contribution in [0.25, 0.3) is 32.6 Å². The lowest BCUT2D eigenvalue weighted by atomic mass is 9.97. The molecule has 23 heavy (non-hydrogen) atoms. The molecule has 4 aromatic rings. The van der Waals surface area contributed by atoms with Crippen molar-refractivity contribution in [2.45, 2.75) is 13.8 Å². The maximum Gasteiger partial charge on any atom is 0.176 e. The first-order chi connectivity index (χ1) is 10.5. The smallest absolute Gasteiger partial charge is 0.176 e. The number of aryl methyl sites for hydroxylation is 4. The molecule has 0 unspecified atom stereocenters.